The molecule has 1 aliphatic carbocycles. The first kappa shape index (κ1) is 45.2. The molecule has 4 aliphatic rings. The number of fused-ring (bicyclic) bond motifs is 4. The number of aromatic nitrogens is 2. The second-order valence-corrected chi connectivity index (χ2v) is 17.5. The molecule has 0 saturated carbocycles. The fourth-order valence-electron chi connectivity index (χ4n) is 10.6. The van der Waals surface area contributed by atoms with Crippen molar-refractivity contribution >= 4 is 40.6 Å². The maximum absolute atomic E-state index is 16.4. The van der Waals surface area contributed by atoms with Gasteiger partial charge in [-0.2, -0.15) is 0 Å². The van der Waals surface area contributed by atoms with Gasteiger partial charge in [0.05, 0.1) is 54.5 Å². The van der Waals surface area contributed by atoms with Crippen LogP contribution in [0.3, 0.4) is 0 Å². The number of cyclic esters (lactones) is 1. The number of H-pyrrole nitrogens is 1. The SMILES string of the molecule is COCCOC(=O)N1C(=O)C2(c3cc(C#CC4=CCCCC4)ccc31)C(C(=O)NCc1nc3ccccc3[nH]1)C1C(=O)OC(c3ccccc3)C(c3ccccc3)N1C2c1ccc(OCCO)cc1. The lowest BCUT2D eigenvalue weighted by Gasteiger charge is -2.46. The Balaban J connectivity index is 1.24. The van der Waals surface area contributed by atoms with E-state index in [0.29, 0.717) is 39.3 Å². The van der Waals surface area contributed by atoms with E-state index >= 15 is 14.4 Å². The van der Waals surface area contributed by atoms with E-state index in [0.717, 1.165) is 47.2 Å². The third kappa shape index (κ3) is 8.32. The van der Waals surface area contributed by atoms with Crippen LogP contribution in [0.4, 0.5) is 10.5 Å². The highest BCUT2D eigenvalue weighted by Crippen LogP contribution is 2.66. The second kappa shape index (κ2) is 19.6. The largest absolute Gasteiger partial charge is 0.491 e. The van der Waals surface area contributed by atoms with Gasteiger partial charge in [-0.25, -0.2) is 14.7 Å². The van der Waals surface area contributed by atoms with E-state index in [-0.39, 0.29) is 38.7 Å². The standard InChI is InChI=1S/C55H51N5O9/c1-66-31-32-68-54(65)59-44-28-23-36(22-21-35-13-5-2-6-14-35)33-41(44)55(53(59)64)46(51(62)56-34-45-57-42-19-11-12-20-43(42)58-45)48-52(63)69-49(38-17-9-4-10-18-38)47(37-15-7-3-8-16-37)60(48)50(55)39-24-26-40(27-25-39)67-30-29-61/h3-4,7-13,15-20,23-28,33,46-50,61H,2,5-6,14,29-32,34H2,1H3,(H,56,62)(H,57,58). The van der Waals surface area contributed by atoms with Crippen LogP contribution < -0.4 is 15.0 Å². The van der Waals surface area contributed by atoms with E-state index in [9.17, 15) is 9.90 Å². The number of allylic oxidation sites excluding steroid dienone is 2. The summed E-state index contributed by atoms with van der Waals surface area (Å²) in [6.07, 6.45) is 4.16. The van der Waals surface area contributed by atoms with Crippen molar-refractivity contribution < 1.29 is 43.2 Å². The van der Waals surface area contributed by atoms with Crippen LogP contribution in [0.1, 0.15) is 77.5 Å². The van der Waals surface area contributed by atoms with E-state index < -0.39 is 59.4 Å². The lowest BCUT2D eigenvalue weighted by Crippen LogP contribution is -2.55. The van der Waals surface area contributed by atoms with Crippen molar-refractivity contribution in [2.75, 3.05) is 38.4 Å². The van der Waals surface area contributed by atoms with Gasteiger partial charge in [0.1, 0.15) is 42.3 Å². The number of aliphatic hydroxyl groups is 1. The number of rotatable bonds is 12. The van der Waals surface area contributed by atoms with Gasteiger partial charge in [-0.3, -0.25) is 19.3 Å². The lowest BCUT2D eigenvalue weighted by molar-refractivity contribution is -0.178. The second-order valence-electron chi connectivity index (χ2n) is 17.5. The van der Waals surface area contributed by atoms with Gasteiger partial charge in [0.15, 0.2) is 0 Å². The topological polar surface area (TPSA) is 173 Å². The van der Waals surface area contributed by atoms with Crippen molar-refractivity contribution in [3.05, 3.63) is 173 Å². The molecule has 0 bridgehead atoms. The number of benzene rings is 5. The van der Waals surface area contributed by atoms with E-state index in [2.05, 4.69) is 28.2 Å². The lowest BCUT2D eigenvalue weighted by atomic mass is 9.65. The Kier molecular flexibility index (Phi) is 12.8. The quantitative estimate of drug-likeness (QED) is 0.0629. The summed E-state index contributed by atoms with van der Waals surface area (Å²) in [5, 5.41) is 12.7. The molecule has 14 nitrogen and oxygen atoms in total. The zero-order chi connectivity index (χ0) is 47.5. The number of imide groups is 1. The number of anilines is 1. The molecular weight excluding hydrogens is 875 g/mol. The molecule has 3 N–H and O–H groups in total. The van der Waals surface area contributed by atoms with Crippen molar-refractivity contribution in [3.63, 3.8) is 0 Å². The van der Waals surface area contributed by atoms with Gasteiger partial charge in [0.2, 0.25) is 11.8 Å². The summed E-state index contributed by atoms with van der Waals surface area (Å²) in [5.41, 5.74) is 3.52. The van der Waals surface area contributed by atoms with Crippen LogP contribution in [-0.2, 0) is 40.6 Å². The molecule has 1 aromatic heterocycles. The number of nitrogens with zero attached hydrogens (tertiary/aromatic N) is 3. The third-order valence-electron chi connectivity index (χ3n) is 13.5. The van der Waals surface area contributed by atoms with Crippen molar-refractivity contribution in [2.45, 2.75) is 61.9 Å². The van der Waals surface area contributed by atoms with Gasteiger partial charge in [-0.15, -0.1) is 0 Å². The molecule has 3 amide bonds. The summed E-state index contributed by atoms with van der Waals surface area (Å²) in [6.45, 7) is -0.335. The summed E-state index contributed by atoms with van der Waals surface area (Å²) in [7, 11) is 1.48. The fourth-order valence-corrected chi connectivity index (χ4v) is 10.6. The van der Waals surface area contributed by atoms with Gasteiger partial charge in [0, 0.05) is 12.7 Å². The Morgan fingerprint density at radius 3 is 2.33 bits per heavy atom. The van der Waals surface area contributed by atoms with Crippen LogP contribution in [0, 0.1) is 17.8 Å². The number of aliphatic hydroxyl groups excluding tert-OH is 1. The van der Waals surface area contributed by atoms with E-state index in [1.807, 2.05) is 89.8 Å². The molecule has 0 radical (unpaired) electrons. The predicted octanol–water partition coefficient (Wildman–Crippen LogP) is 7.55. The van der Waals surface area contributed by atoms with Crippen LogP contribution in [0.5, 0.6) is 5.75 Å². The Labute approximate surface area is 399 Å². The highest BCUT2D eigenvalue weighted by atomic mass is 16.6. The predicted molar refractivity (Wildman–Crippen MR) is 256 cm³/mol. The number of esters is 1. The van der Waals surface area contributed by atoms with Gasteiger partial charge < -0.3 is 34.4 Å². The molecular formula is C55H51N5O9. The monoisotopic (exact) mass is 925 g/mol. The minimum atomic E-state index is -2.02. The molecule has 6 atom stereocenters. The number of carbonyl (C=O) groups excluding carboxylic acids is 4. The maximum Gasteiger partial charge on any atom is 0.421 e. The highest BCUT2D eigenvalue weighted by molar-refractivity contribution is 6.23. The minimum Gasteiger partial charge on any atom is -0.491 e. The van der Waals surface area contributed by atoms with Crippen LogP contribution >= 0.6 is 0 Å². The van der Waals surface area contributed by atoms with Crippen molar-refractivity contribution in [3.8, 4) is 17.6 Å². The number of nitrogens with one attached hydrogen (secondary N) is 2. The number of methoxy groups -OCH3 is 1. The molecule has 350 valence electrons. The van der Waals surface area contributed by atoms with Gasteiger partial charge in [-0.05, 0) is 96.0 Å². The molecule has 2 saturated heterocycles. The summed E-state index contributed by atoms with van der Waals surface area (Å²) < 4.78 is 23.4. The minimum absolute atomic E-state index is 0.0434. The van der Waals surface area contributed by atoms with Crippen LogP contribution in [-0.4, -0.2) is 83.4 Å². The molecule has 1 spiro atoms. The van der Waals surface area contributed by atoms with Crippen molar-refractivity contribution in [2.24, 2.45) is 5.92 Å². The summed E-state index contributed by atoms with van der Waals surface area (Å²) in [4.78, 5) is 73.2. The Hall–Kier alpha value is -7.57. The number of ether oxygens (including phenoxy) is 4. The molecule has 3 aliphatic heterocycles. The van der Waals surface area contributed by atoms with Crippen molar-refractivity contribution in [1.82, 2.24) is 20.2 Å². The molecule has 6 unspecified atom stereocenters. The molecule has 5 aromatic carbocycles. The average Bonchev–Trinajstić information content (AvgIpc) is 4.03. The Bertz CT molecular complexity index is 2950. The number of aromatic amines is 1. The van der Waals surface area contributed by atoms with Gasteiger partial charge in [-0.1, -0.05) is 103 Å². The molecule has 10 rings (SSSR count). The van der Waals surface area contributed by atoms with Crippen molar-refractivity contribution in [1.29, 1.82) is 0 Å². The average molecular weight is 926 g/mol. The van der Waals surface area contributed by atoms with Crippen LogP contribution in [0.2, 0.25) is 0 Å². The number of hydrogen-bond donors (Lipinski definition) is 3. The smallest absolute Gasteiger partial charge is 0.421 e. The number of amides is 3. The first-order valence-electron chi connectivity index (χ1n) is 23.3. The first-order chi connectivity index (χ1) is 33.8. The molecule has 14 heteroatoms. The van der Waals surface area contributed by atoms with E-state index in [4.69, 9.17) is 23.9 Å². The molecule has 4 heterocycles. The van der Waals surface area contributed by atoms with E-state index in [1.165, 1.54) is 7.11 Å². The van der Waals surface area contributed by atoms with Crippen LogP contribution in [0.15, 0.2) is 139 Å². The Morgan fingerprint density at radius 1 is 0.855 bits per heavy atom. The summed E-state index contributed by atoms with van der Waals surface area (Å²) in [5.74, 6) is 3.93. The summed E-state index contributed by atoms with van der Waals surface area (Å²) >= 11 is 0. The van der Waals surface area contributed by atoms with E-state index in [1.54, 1.807) is 42.5 Å². The molecule has 69 heavy (non-hydrogen) atoms. The number of carbonyl (C=O) groups is 4. The normalized spacial score (nSPS) is 22.8. The highest BCUT2D eigenvalue weighted by Gasteiger charge is 2.75. The van der Waals surface area contributed by atoms with Gasteiger partial charge >= 0.3 is 12.1 Å². The molecule has 2 fully saturated rings. The van der Waals surface area contributed by atoms with Gasteiger partial charge in [0.25, 0.3) is 0 Å². The fraction of sp³-hybridized carbons (Fsp3) is 0.291. The first-order valence-corrected chi connectivity index (χ1v) is 23.3. The number of para-hydroxylation sites is 2. The zero-order valence-corrected chi connectivity index (χ0v) is 38.0. The van der Waals surface area contributed by atoms with Crippen LogP contribution in [0.25, 0.3) is 11.0 Å². The third-order valence-corrected chi connectivity index (χ3v) is 13.5. The number of imidazole rings is 1. The zero-order valence-electron chi connectivity index (χ0n) is 38.0. The summed E-state index contributed by atoms with van der Waals surface area (Å²) in [6, 6.07) is 35.4. The maximum atomic E-state index is 16.4. The number of hydrogen-bond acceptors (Lipinski definition) is 11. The number of morpholine rings is 1. The molecule has 6 aromatic rings. The Morgan fingerprint density at radius 2 is 1.61 bits per heavy atom.